The zero-order valence-corrected chi connectivity index (χ0v) is 9.85. The number of aromatic nitrogens is 1. The van der Waals surface area contributed by atoms with Gasteiger partial charge in [-0.05, 0) is 36.1 Å². The molecule has 0 atom stereocenters. The van der Waals surface area contributed by atoms with Crippen molar-refractivity contribution < 1.29 is 0 Å². The molecule has 80 valence electrons. The van der Waals surface area contributed by atoms with Crippen LogP contribution in [-0.2, 0) is 0 Å². The van der Waals surface area contributed by atoms with E-state index in [0.29, 0.717) is 5.02 Å². The molecule has 0 aliphatic heterocycles. The number of benzene rings is 1. The lowest BCUT2D eigenvalue weighted by molar-refractivity contribution is 1.30. The van der Waals surface area contributed by atoms with Crippen LogP contribution in [0.3, 0.4) is 0 Å². The van der Waals surface area contributed by atoms with E-state index in [9.17, 15) is 4.79 Å². The molecule has 0 amide bonds. The third-order valence-electron chi connectivity index (χ3n) is 2.00. The maximum absolute atomic E-state index is 11.0. The Labute approximate surface area is 93.9 Å². The van der Waals surface area contributed by atoms with Crippen molar-refractivity contribution in [3.8, 4) is 0 Å². The van der Waals surface area contributed by atoms with Crippen LogP contribution in [0.4, 0.5) is 0 Å². The van der Waals surface area contributed by atoms with Crippen LogP contribution in [-0.4, -0.2) is 4.98 Å². The van der Waals surface area contributed by atoms with Gasteiger partial charge in [-0.25, -0.2) is 0 Å². The fraction of sp³-hybridized carbons (Fsp3) is 0.250. The number of aromatic amines is 1. The molecule has 0 spiro atoms. The van der Waals surface area contributed by atoms with Crippen LogP contribution in [0.15, 0.2) is 29.1 Å². The summed E-state index contributed by atoms with van der Waals surface area (Å²) in [6, 6.07) is 7.02. The molecular weight excluding hydrogens is 210 g/mol. The Balaban J connectivity index is 0.000000531. The van der Waals surface area contributed by atoms with E-state index in [4.69, 9.17) is 11.6 Å². The molecule has 0 saturated heterocycles. The first-order valence-corrected chi connectivity index (χ1v) is 5.34. The van der Waals surface area contributed by atoms with Crippen molar-refractivity contribution in [3.05, 3.63) is 45.2 Å². The molecule has 0 radical (unpaired) electrons. The number of halogens is 1. The smallest absolute Gasteiger partial charge is 0.248 e. The number of aryl methyl sites for hydroxylation is 1. The highest BCUT2D eigenvalue weighted by Crippen LogP contribution is 2.20. The SMILES string of the molecule is CC.Cc1cc2ccc(=O)[nH]c2cc1Cl. The van der Waals surface area contributed by atoms with Gasteiger partial charge in [0, 0.05) is 16.6 Å². The average Bonchev–Trinajstić information content (AvgIpc) is 2.23. The molecule has 0 fully saturated rings. The van der Waals surface area contributed by atoms with E-state index in [1.54, 1.807) is 12.1 Å². The van der Waals surface area contributed by atoms with Crippen LogP contribution >= 0.6 is 11.6 Å². The molecule has 0 aliphatic carbocycles. The van der Waals surface area contributed by atoms with Gasteiger partial charge in [0.25, 0.3) is 0 Å². The molecule has 3 heteroatoms. The van der Waals surface area contributed by atoms with Crippen LogP contribution in [0.25, 0.3) is 10.9 Å². The number of H-pyrrole nitrogens is 1. The van der Waals surface area contributed by atoms with Crippen molar-refractivity contribution in [2.75, 3.05) is 0 Å². The highest BCUT2D eigenvalue weighted by molar-refractivity contribution is 6.32. The summed E-state index contributed by atoms with van der Waals surface area (Å²) < 4.78 is 0. The van der Waals surface area contributed by atoms with Gasteiger partial charge < -0.3 is 4.98 Å². The van der Waals surface area contributed by atoms with Gasteiger partial charge in [0.05, 0.1) is 0 Å². The Kier molecular flexibility index (Phi) is 3.92. The average molecular weight is 224 g/mol. The third-order valence-corrected chi connectivity index (χ3v) is 2.41. The van der Waals surface area contributed by atoms with Gasteiger partial charge in [0.1, 0.15) is 0 Å². The summed E-state index contributed by atoms with van der Waals surface area (Å²) in [6.45, 7) is 5.94. The lowest BCUT2D eigenvalue weighted by Gasteiger charge is -2.00. The Hall–Kier alpha value is -1.28. The Bertz CT molecular complexity index is 517. The number of fused-ring (bicyclic) bond motifs is 1. The summed E-state index contributed by atoms with van der Waals surface area (Å²) in [6.07, 6.45) is 0. The molecule has 2 rings (SSSR count). The van der Waals surface area contributed by atoms with E-state index in [-0.39, 0.29) is 5.56 Å². The molecule has 2 nitrogen and oxygen atoms in total. The van der Waals surface area contributed by atoms with Gasteiger partial charge in [-0.1, -0.05) is 25.4 Å². The van der Waals surface area contributed by atoms with E-state index >= 15 is 0 Å². The molecule has 0 aliphatic rings. The highest BCUT2D eigenvalue weighted by Gasteiger charge is 1.98. The van der Waals surface area contributed by atoms with Crippen LogP contribution in [0.1, 0.15) is 19.4 Å². The maximum Gasteiger partial charge on any atom is 0.248 e. The zero-order valence-electron chi connectivity index (χ0n) is 9.10. The zero-order chi connectivity index (χ0) is 11.4. The number of pyridine rings is 1. The normalized spacial score (nSPS) is 9.60. The molecule has 1 aromatic heterocycles. The van der Waals surface area contributed by atoms with E-state index in [1.165, 1.54) is 6.07 Å². The number of nitrogens with one attached hydrogen (secondary N) is 1. The van der Waals surface area contributed by atoms with Crippen LogP contribution in [0.2, 0.25) is 5.02 Å². The van der Waals surface area contributed by atoms with Crippen LogP contribution in [0, 0.1) is 6.92 Å². The van der Waals surface area contributed by atoms with Gasteiger partial charge in [0.2, 0.25) is 5.56 Å². The van der Waals surface area contributed by atoms with Crippen molar-refractivity contribution in [2.24, 2.45) is 0 Å². The first kappa shape index (κ1) is 11.8. The molecular formula is C12H14ClNO. The molecule has 0 saturated carbocycles. The summed E-state index contributed by atoms with van der Waals surface area (Å²) in [5, 5.41) is 1.68. The van der Waals surface area contributed by atoms with Crippen LogP contribution < -0.4 is 5.56 Å². The van der Waals surface area contributed by atoms with Crippen LogP contribution in [0.5, 0.6) is 0 Å². The van der Waals surface area contributed by atoms with Gasteiger partial charge in [-0.15, -0.1) is 0 Å². The van der Waals surface area contributed by atoms with Crippen molar-refractivity contribution in [1.82, 2.24) is 4.98 Å². The standard InChI is InChI=1S/C10H8ClNO.C2H6/c1-6-4-7-2-3-10(13)12-9(7)5-8(6)11;1-2/h2-5H,1H3,(H,12,13);1-2H3. The molecule has 2 aromatic rings. The minimum Gasteiger partial charge on any atom is -0.322 e. The summed E-state index contributed by atoms with van der Waals surface area (Å²) >= 11 is 5.92. The van der Waals surface area contributed by atoms with Gasteiger partial charge >= 0.3 is 0 Å². The summed E-state index contributed by atoms with van der Waals surface area (Å²) in [5.41, 5.74) is 1.69. The quantitative estimate of drug-likeness (QED) is 0.729. The fourth-order valence-corrected chi connectivity index (χ4v) is 1.45. The molecule has 1 N–H and O–H groups in total. The third kappa shape index (κ3) is 2.60. The topological polar surface area (TPSA) is 32.9 Å². The lowest BCUT2D eigenvalue weighted by Crippen LogP contribution is -2.02. The minimum atomic E-state index is -0.104. The first-order valence-electron chi connectivity index (χ1n) is 4.96. The summed E-state index contributed by atoms with van der Waals surface area (Å²) in [5.74, 6) is 0. The Morgan fingerprint density at radius 1 is 1.20 bits per heavy atom. The molecule has 0 bridgehead atoms. The van der Waals surface area contributed by atoms with Gasteiger partial charge in [-0.2, -0.15) is 0 Å². The maximum atomic E-state index is 11.0. The fourth-order valence-electron chi connectivity index (χ4n) is 1.29. The van der Waals surface area contributed by atoms with Gasteiger partial charge in [0.15, 0.2) is 0 Å². The van der Waals surface area contributed by atoms with Crippen molar-refractivity contribution in [3.63, 3.8) is 0 Å². The van der Waals surface area contributed by atoms with Crippen molar-refractivity contribution >= 4 is 22.5 Å². The lowest BCUT2D eigenvalue weighted by atomic mass is 10.1. The predicted molar refractivity (Wildman–Crippen MR) is 65.7 cm³/mol. The largest absolute Gasteiger partial charge is 0.322 e. The minimum absolute atomic E-state index is 0.104. The molecule has 1 aromatic carbocycles. The number of hydrogen-bond donors (Lipinski definition) is 1. The second-order valence-electron chi connectivity index (χ2n) is 3.01. The van der Waals surface area contributed by atoms with E-state index < -0.39 is 0 Å². The second kappa shape index (κ2) is 4.99. The van der Waals surface area contributed by atoms with E-state index in [0.717, 1.165) is 16.5 Å². The number of hydrogen-bond acceptors (Lipinski definition) is 1. The Morgan fingerprint density at radius 2 is 1.87 bits per heavy atom. The molecule has 1 heterocycles. The van der Waals surface area contributed by atoms with Gasteiger partial charge in [-0.3, -0.25) is 4.79 Å². The van der Waals surface area contributed by atoms with E-state index in [2.05, 4.69) is 4.98 Å². The van der Waals surface area contributed by atoms with E-state index in [1.807, 2.05) is 26.8 Å². The summed E-state index contributed by atoms with van der Waals surface area (Å²) in [4.78, 5) is 13.7. The Morgan fingerprint density at radius 3 is 2.53 bits per heavy atom. The predicted octanol–water partition coefficient (Wildman–Crippen LogP) is 3.52. The van der Waals surface area contributed by atoms with Crippen molar-refractivity contribution in [2.45, 2.75) is 20.8 Å². The molecule has 15 heavy (non-hydrogen) atoms. The molecule has 0 unspecified atom stereocenters. The first-order chi connectivity index (χ1) is 7.16. The number of rotatable bonds is 0. The summed E-state index contributed by atoms with van der Waals surface area (Å²) in [7, 11) is 0. The highest BCUT2D eigenvalue weighted by atomic mass is 35.5. The van der Waals surface area contributed by atoms with Crippen molar-refractivity contribution in [1.29, 1.82) is 0 Å². The second-order valence-corrected chi connectivity index (χ2v) is 3.42. The monoisotopic (exact) mass is 223 g/mol.